The predicted molar refractivity (Wildman–Crippen MR) is 178 cm³/mol. The van der Waals surface area contributed by atoms with Crippen LogP contribution in [0.3, 0.4) is 0 Å². The van der Waals surface area contributed by atoms with Gasteiger partial charge < -0.3 is 19.9 Å². The van der Waals surface area contributed by atoms with Crippen molar-refractivity contribution in [3.8, 4) is 16.9 Å². The Labute approximate surface area is 262 Å². The first kappa shape index (κ1) is 31.2. The molecular formula is C37H45N5O2. The minimum atomic E-state index is 0.00742. The number of nitrogens with zero attached hydrogens (tertiary/aromatic N) is 4. The summed E-state index contributed by atoms with van der Waals surface area (Å²) in [7, 11) is 1.71. The number of pyridine rings is 2. The lowest BCUT2D eigenvalue weighted by Gasteiger charge is -2.42. The van der Waals surface area contributed by atoms with Crippen molar-refractivity contribution in [1.82, 2.24) is 20.2 Å². The molecule has 1 saturated heterocycles. The van der Waals surface area contributed by atoms with Gasteiger partial charge in [-0.3, -0.25) is 14.8 Å². The van der Waals surface area contributed by atoms with Crippen molar-refractivity contribution < 1.29 is 9.53 Å². The normalized spacial score (nSPS) is 14.7. The highest BCUT2D eigenvalue weighted by atomic mass is 16.5. The maximum absolute atomic E-state index is 13.2. The number of rotatable bonds is 11. The van der Waals surface area contributed by atoms with E-state index in [0.29, 0.717) is 18.6 Å². The summed E-state index contributed by atoms with van der Waals surface area (Å²) in [6.07, 6.45) is 10.5. The van der Waals surface area contributed by atoms with Crippen LogP contribution >= 0.6 is 0 Å². The van der Waals surface area contributed by atoms with Crippen LogP contribution in [0.15, 0.2) is 79.4 Å². The Hall–Kier alpha value is -4.23. The SMILES string of the molecule is COc1ccc(N(Cc2cnccc2C)C2CCN(C(C)CCNC(=O)c3c(C)cc(-c4ccncc4)cc3C)CC2)cc1. The van der Waals surface area contributed by atoms with Crippen molar-refractivity contribution in [2.45, 2.75) is 65.6 Å². The quantitative estimate of drug-likeness (QED) is 0.208. The van der Waals surface area contributed by atoms with Gasteiger partial charge in [-0.25, -0.2) is 0 Å². The summed E-state index contributed by atoms with van der Waals surface area (Å²) in [6.45, 7) is 12.0. The fourth-order valence-corrected chi connectivity index (χ4v) is 6.39. The zero-order valence-corrected chi connectivity index (χ0v) is 26.7. The Balaban J connectivity index is 1.16. The number of ether oxygens (including phenoxy) is 1. The molecule has 3 heterocycles. The summed E-state index contributed by atoms with van der Waals surface area (Å²) in [4.78, 5) is 26.8. The molecular weight excluding hydrogens is 546 g/mol. The van der Waals surface area contributed by atoms with Crippen LogP contribution in [-0.4, -0.2) is 59.6 Å². The molecule has 1 aliphatic rings. The van der Waals surface area contributed by atoms with E-state index in [1.807, 2.05) is 50.5 Å². The van der Waals surface area contributed by atoms with Crippen molar-refractivity contribution in [1.29, 1.82) is 0 Å². The summed E-state index contributed by atoms with van der Waals surface area (Å²) >= 11 is 0. The van der Waals surface area contributed by atoms with Gasteiger partial charge in [0, 0.05) is 74.3 Å². The number of aryl methyl sites for hydroxylation is 3. The van der Waals surface area contributed by atoms with Crippen LogP contribution in [0, 0.1) is 20.8 Å². The average Bonchev–Trinajstić information content (AvgIpc) is 3.04. The number of carbonyl (C=O) groups is 1. The summed E-state index contributed by atoms with van der Waals surface area (Å²) in [6, 6.07) is 19.5. The zero-order valence-electron chi connectivity index (χ0n) is 26.7. The molecule has 1 atom stereocenters. The van der Waals surface area contributed by atoms with Crippen LogP contribution in [0.2, 0.25) is 0 Å². The van der Waals surface area contributed by atoms with Crippen molar-refractivity contribution in [2.24, 2.45) is 0 Å². The lowest BCUT2D eigenvalue weighted by atomic mass is 9.95. The number of benzene rings is 2. The van der Waals surface area contributed by atoms with E-state index in [1.54, 1.807) is 19.5 Å². The maximum Gasteiger partial charge on any atom is 0.251 e. The molecule has 7 nitrogen and oxygen atoms in total. The molecule has 0 bridgehead atoms. The molecule has 1 unspecified atom stereocenters. The fourth-order valence-electron chi connectivity index (χ4n) is 6.39. The Kier molecular flexibility index (Phi) is 10.3. The third kappa shape index (κ3) is 7.45. The molecule has 2 aromatic heterocycles. The van der Waals surface area contributed by atoms with Crippen LogP contribution in [0.25, 0.3) is 11.1 Å². The van der Waals surface area contributed by atoms with E-state index in [9.17, 15) is 4.79 Å². The van der Waals surface area contributed by atoms with Crippen molar-refractivity contribution in [3.63, 3.8) is 0 Å². The van der Waals surface area contributed by atoms with E-state index in [1.165, 1.54) is 16.8 Å². The van der Waals surface area contributed by atoms with E-state index < -0.39 is 0 Å². The van der Waals surface area contributed by atoms with Crippen LogP contribution in [-0.2, 0) is 6.54 Å². The van der Waals surface area contributed by atoms with Crippen molar-refractivity contribution in [2.75, 3.05) is 31.6 Å². The minimum absolute atomic E-state index is 0.00742. The first-order valence-electron chi connectivity index (χ1n) is 15.7. The molecule has 44 heavy (non-hydrogen) atoms. The second kappa shape index (κ2) is 14.5. The third-order valence-corrected chi connectivity index (χ3v) is 9.08. The molecule has 0 saturated carbocycles. The highest BCUT2D eigenvalue weighted by Crippen LogP contribution is 2.29. The van der Waals surface area contributed by atoms with Gasteiger partial charge in [-0.2, -0.15) is 0 Å². The van der Waals surface area contributed by atoms with Gasteiger partial charge in [0.2, 0.25) is 0 Å². The molecule has 0 spiro atoms. The Morgan fingerprint density at radius 1 is 0.932 bits per heavy atom. The highest BCUT2D eigenvalue weighted by Gasteiger charge is 2.28. The number of likely N-dealkylation sites (tertiary alicyclic amines) is 1. The molecule has 1 fully saturated rings. The topological polar surface area (TPSA) is 70.6 Å². The Morgan fingerprint density at radius 3 is 2.23 bits per heavy atom. The molecule has 1 aliphatic heterocycles. The predicted octanol–water partition coefficient (Wildman–Crippen LogP) is 6.76. The first-order valence-corrected chi connectivity index (χ1v) is 15.7. The van der Waals surface area contributed by atoms with Crippen LogP contribution in [0.5, 0.6) is 5.75 Å². The van der Waals surface area contributed by atoms with Gasteiger partial charge in [-0.05, 0) is 123 Å². The second-order valence-electron chi connectivity index (χ2n) is 12.0. The largest absolute Gasteiger partial charge is 0.497 e. The van der Waals surface area contributed by atoms with Gasteiger partial charge in [-0.15, -0.1) is 0 Å². The number of aromatic nitrogens is 2. The van der Waals surface area contributed by atoms with Crippen molar-refractivity contribution >= 4 is 11.6 Å². The standard InChI is InChI=1S/C37H45N5O2/c1-26-10-16-39-24-32(26)25-42(33-6-8-35(44-5)9-7-33)34-14-20-41(21-15-34)29(4)11-19-40-37(43)36-27(2)22-31(23-28(36)3)30-12-17-38-18-13-30/h6-10,12-13,16-18,22-24,29,34H,11,14-15,19-21,25H2,1-5H3,(H,40,43). The lowest BCUT2D eigenvalue weighted by molar-refractivity contribution is 0.0944. The molecule has 4 aromatic rings. The first-order chi connectivity index (χ1) is 21.3. The molecule has 0 radical (unpaired) electrons. The third-order valence-electron chi connectivity index (χ3n) is 9.08. The van der Waals surface area contributed by atoms with E-state index in [-0.39, 0.29) is 5.91 Å². The second-order valence-corrected chi connectivity index (χ2v) is 12.0. The molecule has 230 valence electrons. The number of methoxy groups -OCH3 is 1. The van der Waals surface area contributed by atoms with Gasteiger partial charge in [0.15, 0.2) is 0 Å². The minimum Gasteiger partial charge on any atom is -0.497 e. The summed E-state index contributed by atoms with van der Waals surface area (Å²) in [5.74, 6) is 0.877. The Morgan fingerprint density at radius 2 is 1.59 bits per heavy atom. The monoisotopic (exact) mass is 591 g/mol. The van der Waals surface area contributed by atoms with Crippen LogP contribution in [0.1, 0.15) is 58.8 Å². The maximum atomic E-state index is 13.2. The van der Waals surface area contributed by atoms with Gasteiger partial charge >= 0.3 is 0 Å². The smallest absolute Gasteiger partial charge is 0.251 e. The van der Waals surface area contributed by atoms with E-state index in [0.717, 1.165) is 72.5 Å². The number of carbonyl (C=O) groups excluding carboxylic acids is 1. The van der Waals surface area contributed by atoms with Crippen LogP contribution in [0.4, 0.5) is 5.69 Å². The van der Waals surface area contributed by atoms with Gasteiger partial charge in [0.1, 0.15) is 5.75 Å². The van der Waals surface area contributed by atoms with Gasteiger partial charge in [0.25, 0.3) is 5.91 Å². The Bertz CT molecular complexity index is 1510. The number of nitrogens with one attached hydrogen (secondary N) is 1. The van der Waals surface area contributed by atoms with Gasteiger partial charge in [-0.1, -0.05) is 12.1 Å². The van der Waals surface area contributed by atoms with Crippen LogP contribution < -0.4 is 15.0 Å². The molecule has 0 aliphatic carbocycles. The lowest BCUT2D eigenvalue weighted by Crippen LogP contribution is -2.48. The number of hydrogen-bond donors (Lipinski definition) is 1. The number of anilines is 1. The van der Waals surface area contributed by atoms with Gasteiger partial charge in [0.05, 0.1) is 7.11 Å². The zero-order chi connectivity index (χ0) is 31.1. The number of piperidine rings is 1. The number of hydrogen-bond acceptors (Lipinski definition) is 6. The summed E-state index contributed by atoms with van der Waals surface area (Å²) in [5, 5.41) is 3.20. The van der Waals surface area contributed by atoms with E-state index in [2.05, 4.69) is 69.3 Å². The molecule has 5 rings (SSSR count). The molecule has 2 aromatic carbocycles. The summed E-state index contributed by atoms with van der Waals surface area (Å²) < 4.78 is 5.41. The van der Waals surface area contributed by atoms with E-state index in [4.69, 9.17) is 4.74 Å². The summed E-state index contributed by atoms with van der Waals surface area (Å²) in [5.41, 5.74) is 8.71. The average molecular weight is 592 g/mol. The van der Waals surface area contributed by atoms with Crippen molar-refractivity contribution in [3.05, 3.63) is 107 Å². The van der Waals surface area contributed by atoms with E-state index >= 15 is 0 Å². The molecule has 1 N–H and O–H groups in total. The fraction of sp³-hybridized carbons (Fsp3) is 0.378. The molecule has 7 heteroatoms. The molecule has 1 amide bonds. The highest BCUT2D eigenvalue weighted by molar-refractivity contribution is 5.97. The number of amides is 1.